The first kappa shape index (κ1) is 19.2. The molecule has 2 N–H and O–H groups in total. The van der Waals surface area contributed by atoms with E-state index < -0.39 is 0 Å². The lowest BCUT2D eigenvalue weighted by Gasteiger charge is -2.26. The maximum Gasteiger partial charge on any atom is 0.150 e. The van der Waals surface area contributed by atoms with Crippen LogP contribution in [0.3, 0.4) is 0 Å². The van der Waals surface area contributed by atoms with Crippen LogP contribution >= 0.6 is 0 Å². The third kappa shape index (κ3) is 5.66. The average molecular weight is 391 g/mol. The first-order chi connectivity index (χ1) is 14.4. The summed E-state index contributed by atoms with van der Waals surface area (Å²) in [6.07, 6.45) is 1.56. The number of morpholine rings is 1. The fourth-order valence-corrected chi connectivity index (χ4v) is 3.10. The predicted molar refractivity (Wildman–Crippen MR) is 114 cm³/mol. The number of anilines is 3. The fraction of sp³-hybridized carbons (Fsp3) is 0.273. The van der Waals surface area contributed by atoms with Crippen LogP contribution in [0.5, 0.6) is 11.5 Å². The van der Waals surface area contributed by atoms with Crippen molar-refractivity contribution in [2.45, 2.75) is 0 Å². The summed E-state index contributed by atoms with van der Waals surface area (Å²) in [4.78, 5) is 11.0. The Morgan fingerprint density at radius 3 is 2.55 bits per heavy atom. The zero-order valence-electron chi connectivity index (χ0n) is 16.3. The maximum absolute atomic E-state index is 6.01. The van der Waals surface area contributed by atoms with Gasteiger partial charge in [-0.2, -0.15) is 0 Å². The van der Waals surface area contributed by atoms with Gasteiger partial charge in [-0.25, -0.2) is 9.97 Å². The van der Waals surface area contributed by atoms with E-state index in [0.29, 0.717) is 5.82 Å². The van der Waals surface area contributed by atoms with E-state index in [4.69, 9.17) is 9.47 Å². The molecule has 0 atom stereocenters. The Bertz CT molecular complexity index is 900. The second-order valence-corrected chi connectivity index (χ2v) is 6.71. The molecule has 2 aromatic carbocycles. The van der Waals surface area contributed by atoms with Crippen molar-refractivity contribution >= 4 is 17.3 Å². The van der Waals surface area contributed by atoms with Gasteiger partial charge in [0, 0.05) is 32.2 Å². The highest BCUT2D eigenvalue weighted by Crippen LogP contribution is 2.31. The Labute approximate surface area is 170 Å². The Morgan fingerprint density at radius 1 is 0.931 bits per heavy atom. The SMILES string of the molecule is c1ccc(Oc2ccccc2Nc2cc(NCCN3CCOCC3)ncn2)cc1. The molecule has 2 heterocycles. The summed E-state index contributed by atoms with van der Waals surface area (Å²) in [5.74, 6) is 3.02. The molecule has 0 aliphatic carbocycles. The van der Waals surface area contributed by atoms with Gasteiger partial charge in [0.15, 0.2) is 5.75 Å². The zero-order chi connectivity index (χ0) is 19.7. The number of aromatic nitrogens is 2. The van der Waals surface area contributed by atoms with Gasteiger partial charge in [-0.3, -0.25) is 4.90 Å². The number of para-hydroxylation sites is 3. The molecule has 150 valence electrons. The van der Waals surface area contributed by atoms with Crippen LogP contribution in [0.15, 0.2) is 67.0 Å². The first-order valence-electron chi connectivity index (χ1n) is 9.82. The van der Waals surface area contributed by atoms with Gasteiger partial charge in [-0.15, -0.1) is 0 Å². The van der Waals surface area contributed by atoms with E-state index >= 15 is 0 Å². The number of benzene rings is 2. The molecule has 1 fully saturated rings. The van der Waals surface area contributed by atoms with Crippen LogP contribution in [0.4, 0.5) is 17.3 Å². The standard InChI is InChI=1S/C22H25N5O2/c1-2-6-18(7-3-1)29-20-9-5-4-8-19(20)26-22-16-21(24-17-25-22)23-10-11-27-12-14-28-15-13-27/h1-9,16-17H,10-15H2,(H2,23,24,25,26). The Hall–Kier alpha value is -3.16. The molecule has 7 nitrogen and oxygen atoms in total. The third-order valence-corrected chi connectivity index (χ3v) is 4.63. The van der Waals surface area contributed by atoms with Crippen LogP contribution in [-0.2, 0) is 4.74 Å². The van der Waals surface area contributed by atoms with Crippen molar-refractivity contribution in [3.63, 3.8) is 0 Å². The molecular weight excluding hydrogens is 366 g/mol. The number of hydrogen-bond donors (Lipinski definition) is 2. The van der Waals surface area contributed by atoms with Crippen LogP contribution in [-0.4, -0.2) is 54.3 Å². The van der Waals surface area contributed by atoms with Crippen molar-refractivity contribution in [3.05, 3.63) is 67.0 Å². The molecule has 0 unspecified atom stereocenters. The van der Waals surface area contributed by atoms with Gasteiger partial charge in [-0.05, 0) is 24.3 Å². The molecule has 1 saturated heterocycles. The highest BCUT2D eigenvalue weighted by molar-refractivity contribution is 5.66. The molecular formula is C22H25N5O2. The van der Waals surface area contributed by atoms with E-state index in [1.165, 1.54) is 0 Å². The molecule has 1 aliphatic heterocycles. The maximum atomic E-state index is 6.01. The van der Waals surface area contributed by atoms with Crippen molar-refractivity contribution in [2.24, 2.45) is 0 Å². The van der Waals surface area contributed by atoms with E-state index in [2.05, 4.69) is 25.5 Å². The largest absolute Gasteiger partial charge is 0.455 e. The van der Waals surface area contributed by atoms with Crippen molar-refractivity contribution < 1.29 is 9.47 Å². The lowest BCUT2D eigenvalue weighted by Crippen LogP contribution is -2.39. The fourth-order valence-electron chi connectivity index (χ4n) is 3.10. The van der Waals surface area contributed by atoms with E-state index in [-0.39, 0.29) is 0 Å². The minimum absolute atomic E-state index is 0.706. The second kappa shape index (κ2) is 9.86. The van der Waals surface area contributed by atoms with Gasteiger partial charge in [0.2, 0.25) is 0 Å². The Kier molecular flexibility index (Phi) is 6.52. The Balaban J connectivity index is 1.38. The summed E-state index contributed by atoms with van der Waals surface area (Å²) >= 11 is 0. The molecule has 0 radical (unpaired) electrons. The molecule has 29 heavy (non-hydrogen) atoms. The normalized spacial score (nSPS) is 14.3. The summed E-state index contributed by atoms with van der Waals surface area (Å²) in [7, 11) is 0. The van der Waals surface area contributed by atoms with Crippen molar-refractivity contribution in [3.8, 4) is 11.5 Å². The number of ether oxygens (including phenoxy) is 2. The molecule has 0 amide bonds. The summed E-state index contributed by atoms with van der Waals surface area (Å²) in [6.45, 7) is 5.37. The van der Waals surface area contributed by atoms with Crippen molar-refractivity contribution in [1.29, 1.82) is 0 Å². The zero-order valence-corrected chi connectivity index (χ0v) is 16.3. The number of rotatable bonds is 8. The smallest absolute Gasteiger partial charge is 0.150 e. The summed E-state index contributed by atoms with van der Waals surface area (Å²) in [6, 6.07) is 19.4. The predicted octanol–water partition coefficient (Wildman–Crippen LogP) is 3.76. The molecule has 7 heteroatoms. The van der Waals surface area contributed by atoms with Gasteiger partial charge in [-0.1, -0.05) is 30.3 Å². The average Bonchev–Trinajstić information content (AvgIpc) is 2.77. The van der Waals surface area contributed by atoms with Crippen molar-refractivity contribution in [2.75, 3.05) is 50.0 Å². The second-order valence-electron chi connectivity index (χ2n) is 6.71. The lowest BCUT2D eigenvalue weighted by molar-refractivity contribution is 0.0398. The van der Waals surface area contributed by atoms with Gasteiger partial charge in [0.05, 0.1) is 18.9 Å². The lowest BCUT2D eigenvalue weighted by atomic mass is 10.3. The minimum atomic E-state index is 0.706. The minimum Gasteiger partial charge on any atom is -0.455 e. The molecule has 0 bridgehead atoms. The molecule has 1 aliphatic rings. The van der Waals surface area contributed by atoms with Crippen LogP contribution in [0, 0.1) is 0 Å². The van der Waals surface area contributed by atoms with Crippen molar-refractivity contribution in [1.82, 2.24) is 14.9 Å². The monoisotopic (exact) mass is 391 g/mol. The molecule has 3 aromatic rings. The number of nitrogens with zero attached hydrogens (tertiary/aromatic N) is 3. The topological polar surface area (TPSA) is 71.5 Å². The van der Waals surface area contributed by atoms with E-state index in [9.17, 15) is 0 Å². The highest BCUT2D eigenvalue weighted by Gasteiger charge is 2.10. The van der Waals surface area contributed by atoms with Gasteiger partial charge in [0.1, 0.15) is 23.7 Å². The van der Waals surface area contributed by atoms with Crippen LogP contribution in [0.2, 0.25) is 0 Å². The van der Waals surface area contributed by atoms with Gasteiger partial charge >= 0.3 is 0 Å². The Morgan fingerprint density at radius 2 is 1.69 bits per heavy atom. The summed E-state index contributed by atoms with van der Waals surface area (Å²) in [5, 5.41) is 6.70. The molecule has 0 saturated carbocycles. The molecule has 0 spiro atoms. The van der Waals surface area contributed by atoms with Gasteiger partial charge in [0.25, 0.3) is 0 Å². The molecule has 1 aromatic heterocycles. The molecule has 4 rings (SSSR count). The van der Waals surface area contributed by atoms with E-state index in [1.54, 1.807) is 6.33 Å². The van der Waals surface area contributed by atoms with Gasteiger partial charge < -0.3 is 20.1 Å². The highest BCUT2D eigenvalue weighted by atomic mass is 16.5. The summed E-state index contributed by atoms with van der Waals surface area (Å²) in [5.41, 5.74) is 0.842. The quantitative estimate of drug-likeness (QED) is 0.606. The first-order valence-corrected chi connectivity index (χ1v) is 9.82. The van der Waals surface area contributed by atoms with Crippen LogP contribution in [0.25, 0.3) is 0 Å². The number of nitrogens with one attached hydrogen (secondary N) is 2. The van der Waals surface area contributed by atoms with Crippen LogP contribution in [0.1, 0.15) is 0 Å². The summed E-state index contributed by atoms with van der Waals surface area (Å²) < 4.78 is 11.4. The number of hydrogen-bond acceptors (Lipinski definition) is 7. The van der Waals surface area contributed by atoms with Crippen LogP contribution < -0.4 is 15.4 Å². The van der Waals surface area contributed by atoms with E-state index in [0.717, 1.165) is 62.4 Å². The third-order valence-electron chi connectivity index (χ3n) is 4.63. The van der Waals surface area contributed by atoms with E-state index in [1.807, 2.05) is 60.7 Å².